The lowest BCUT2D eigenvalue weighted by Gasteiger charge is -2.17. The summed E-state index contributed by atoms with van der Waals surface area (Å²) in [6.45, 7) is 14.6. The molecule has 0 aliphatic carbocycles. The lowest BCUT2D eigenvalue weighted by Crippen LogP contribution is -2.22. The molecule has 0 spiro atoms. The summed E-state index contributed by atoms with van der Waals surface area (Å²) < 4.78 is 16.7. The normalized spacial score (nSPS) is 15.5. The van der Waals surface area contributed by atoms with E-state index < -0.39 is 0 Å². The van der Waals surface area contributed by atoms with Crippen LogP contribution in [-0.4, -0.2) is 38.1 Å². The van der Waals surface area contributed by atoms with Crippen molar-refractivity contribution in [3.8, 4) is 0 Å². The van der Waals surface area contributed by atoms with Crippen LogP contribution >= 0.6 is 0 Å². The Morgan fingerprint density at radius 3 is 2.00 bits per heavy atom. The molecule has 0 radical (unpaired) electrons. The van der Waals surface area contributed by atoms with Gasteiger partial charge in [-0.05, 0) is 40.0 Å². The summed E-state index contributed by atoms with van der Waals surface area (Å²) in [6.07, 6.45) is 1.84. The van der Waals surface area contributed by atoms with Gasteiger partial charge in [0.05, 0.1) is 38.1 Å². The highest BCUT2D eigenvalue weighted by atomic mass is 16.6. The first-order chi connectivity index (χ1) is 7.91. The summed E-state index contributed by atoms with van der Waals surface area (Å²) in [5.74, 6) is 0.686. The van der Waals surface area contributed by atoms with Crippen LogP contribution in [0.15, 0.2) is 0 Å². The largest absolute Gasteiger partial charge is 0.376 e. The van der Waals surface area contributed by atoms with Gasteiger partial charge in [-0.25, -0.2) is 0 Å². The lowest BCUT2D eigenvalue weighted by atomic mass is 10.1. The molecular formula is C14H30O3. The third kappa shape index (κ3) is 12.1. The fourth-order valence-corrected chi connectivity index (χ4v) is 1.79. The molecule has 0 aromatic heterocycles. The summed E-state index contributed by atoms with van der Waals surface area (Å²) in [7, 11) is 0. The molecule has 0 aromatic rings. The van der Waals surface area contributed by atoms with E-state index in [-0.39, 0.29) is 12.2 Å². The van der Waals surface area contributed by atoms with E-state index in [4.69, 9.17) is 14.2 Å². The fourth-order valence-electron chi connectivity index (χ4n) is 1.79. The van der Waals surface area contributed by atoms with Crippen molar-refractivity contribution in [3.05, 3.63) is 0 Å². The Morgan fingerprint density at radius 2 is 1.47 bits per heavy atom. The van der Waals surface area contributed by atoms with Crippen molar-refractivity contribution in [1.29, 1.82) is 0 Å². The fraction of sp³-hybridized carbons (Fsp3) is 1.00. The molecule has 0 fully saturated rings. The van der Waals surface area contributed by atoms with Crippen LogP contribution in [0.2, 0.25) is 0 Å². The minimum absolute atomic E-state index is 0.156. The molecule has 104 valence electrons. The standard InChI is InChI=1S/C14H30O3/c1-11(2)9-13(5)16-8-7-15-10-14(6)17-12(3)4/h11-14H,7-10H2,1-6H3. The maximum Gasteiger partial charge on any atom is 0.0783 e. The van der Waals surface area contributed by atoms with Crippen LogP contribution in [0.1, 0.15) is 48.0 Å². The van der Waals surface area contributed by atoms with E-state index in [1.165, 1.54) is 0 Å². The van der Waals surface area contributed by atoms with Crippen molar-refractivity contribution >= 4 is 0 Å². The molecule has 3 heteroatoms. The predicted molar refractivity (Wildman–Crippen MR) is 71.4 cm³/mol. The molecular weight excluding hydrogens is 216 g/mol. The SMILES string of the molecule is CC(C)CC(C)OCCOCC(C)OC(C)C. The van der Waals surface area contributed by atoms with E-state index in [0.717, 1.165) is 6.42 Å². The van der Waals surface area contributed by atoms with Gasteiger partial charge < -0.3 is 14.2 Å². The lowest BCUT2D eigenvalue weighted by molar-refractivity contribution is -0.0526. The maximum atomic E-state index is 5.65. The smallest absolute Gasteiger partial charge is 0.0783 e. The van der Waals surface area contributed by atoms with Crippen molar-refractivity contribution in [1.82, 2.24) is 0 Å². The van der Waals surface area contributed by atoms with Crippen molar-refractivity contribution in [2.24, 2.45) is 5.92 Å². The molecule has 2 atom stereocenters. The third-order valence-electron chi connectivity index (χ3n) is 2.29. The Bertz CT molecular complexity index is 151. The van der Waals surface area contributed by atoms with Gasteiger partial charge in [0.25, 0.3) is 0 Å². The van der Waals surface area contributed by atoms with Crippen LogP contribution < -0.4 is 0 Å². The average Bonchev–Trinajstić information content (AvgIpc) is 2.14. The van der Waals surface area contributed by atoms with Gasteiger partial charge in [0.15, 0.2) is 0 Å². The number of hydrogen-bond acceptors (Lipinski definition) is 3. The van der Waals surface area contributed by atoms with Gasteiger partial charge in [-0.3, -0.25) is 0 Å². The molecule has 0 aliphatic rings. The quantitative estimate of drug-likeness (QED) is 0.554. The summed E-state index contributed by atoms with van der Waals surface area (Å²) in [6, 6.07) is 0. The second-order valence-electron chi connectivity index (χ2n) is 5.38. The Hall–Kier alpha value is -0.120. The minimum atomic E-state index is 0.156. The average molecular weight is 246 g/mol. The van der Waals surface area contributed by atoms with E-state index in [0.29, 0.717) is 31.8 Å². The highest BCUT2D eigenvalue weighted by Crippen LogP contribution is 2.07. The van der Waals surface area contributed by atoms with Crippen LogP contribution in [0.3, 0.4) is 0 Å². The summed E-state index contributed by atoms with van der Waals surface area (Å²) >= 11 is 0. The van der Waals surface area contributed by atoms with Crippen LogP contribution in [0, 0.1) is 5.92 Å². The number of hydrogen-bond donors (Lipinski definition) is 0. The second kappa shape index (κ2) is 9.86. The van der Waals surface area contributed by atoms with Gasteiger partial charge in [-0.15, -0.1) is 0 Å². The van der Waals surface area contributed by atoms with Crippen LogP contribution in [-0.2, 0) is 14.2 Å². The molecule has 0 bridgehead atoms. The Kier molecular flexibility index (Phi) is 9.79. The highest BCUT2D eigenvalue weighted by Gasteiger charge is 2.06. The Morgan fingerprint density at radius 1 is 0.824 bits per heavy atom. The van der Waals surface area contributed by atoms with Gasteiger partial charge in [-0.2, -0.15) is 0 Å². The monoisotopic (exact) mass is 246 g/mol. The van der Waals surface area contributed by atoms with Crippen molar-refractivity contribution < 1.29 is 14.2 Å². The van der Waals surface area contributed by atoms with Gasteiger partial charge >= 0.3 is 0 Å². The molecule has 0 rings (SSSR count). The molecule has 0 saturated heterocycles. The predicted octanol–water partition coefficient (Wildman–Crippen LogP) is 3.27. The summed E-state index contributed by atoms with van der Waals surface area (Å²) in [5, 5.41) is 0. The summed E-state index contributed by atoms with van der Waals surface area (Å²) in [5.41, 5.74) is 0. The molecule has 0 heterocycles. The maximum absolute atomic E-state index is 5.65. The van der Waals surface area contributed by atoms with E-state index >= 15 is 0 Å². The van der Waals surface area contributed by atoms with Gasteiger partial charge in [0.2, 0.25) is 0 Å². The Balaban J connectivity index is 3.34. The minimum Gasteiger partial charge on any atom is -0.376 e. The van der Waals surface area contributed by atoms with Crippen LogP contribution in [0.4, 0.5) is 0 Å². The first-order valence-electron chi connectivity index (χ1n) is 6.76. The first-order valence-corrected chi connectivity index (χ1v) is 6.76. The molecule has 0 saturated carbocycles. The zero-order valence-electron chi connectivity index (χ0n) is 12.4. The summed E-state index contributed by atoms with van der Waals surface area (Å²) in [4.78, 5) is 0. The van der Waals surface area contributed by atoms with Crippen molar-refractivity contribution in [2.75, 3.05) is 19.8 Å². The van der Waals surface area contributed by atoms with Crippen LogP contribution in [0.25, 0.3) is 0 Å². The zero-order chi connectivity index (χ0) is 13.3. The van der Waals surface area contributed by atoms with Crippen LogP contribution in [0.5, 0.6) is 0 Å². The van der Waals surface area contributed by atoms with E-state index in [9.17, 15) is 0 Å². The molecule has 0 aliphatic heterocycles. The van der Waals surface area contributed by atoms with Gasteiger partial charge in [0.1, 0.15) is 0 Å². The number of rotatable bonds is 10. The van der Waals surface area contributed by atoms with E-state index in [2.05, 4.69) is 20.8 Å². The second-order valence-corrected chi connectivity index (χ2v) is 5.38. The Labute approximate surface area is 107 Å². The molecule has 17 heavy (non-hydrogen) atoms. The molecule has 2 unspecified atom stereocenters. The molecule has 3 nitrogen and oxygen atoms in total. The third-order valence-corrected chi connectivity index (χ3v) is 2.29. The topological polar surface area (TPSA) is 27.7 Å². The van der Waals surface area contributed by atoms with E-state index in [1.807, 2.05) is 20.8 Å². The van der Waals surface area contributed by atoms with Gasteiger partial charge in [0, 0.05) is 0 Å². The molecule has 0 aromatic carbocycles. The van der Waals surface area contributed by atoms with Gasteiger partial charge in [-0.1, -0.05) is 13.8 Å². The molecule has 0 N–H and O–H groups in total. The van der Waals surface area contributed by atoms with Crippen molar-refractivity contribution in [3.63, 3.8) is 0 Å². The number of ether oxygens (including phenoxy) is 3. The highest BCUT2D eigenvalue weighted by molar-refractivity contribution is 4.54. The van der Waals surface area contributed by atoms with Crippen molar-refractivity contribution in [2.45, 2.75) is 66.3 Å². The molecule has 0 amide bonds. The zero-order valence-corrected chi connectivity index (χ0v) is 12.4. The van der Waals surface area contributed by atoms with E-state index in [1.54, 1.807) is 0 Å². The first kappa shape index (κ1) is 16.9.